The smallest absolute Gasteiger partial charge is 0.271 e. The van der Waals surface area contributed by atoms with Gasteiger partial charge in [0.25, 0.3) is 5.69 Å². The molecule has 118 valence electrons. The van der Waals surface area contributed by atoms with Crippen LogP contribution in [0.3, 0.4) is 0 Å². The van der Waals surface area contributed by atoms with Gasteiger partial charge in [-0.05, 0) is 30.7 Å². The van der Waals surface area contributed by atoms with Gasteiger partial charge < -0.3 is 9.88 Å². The fourth-order valence-electron chi connectivity index (χ4n) is 2.45. The number of hydrogen-bond donors (Lipinski definition) is 1. The molecule has 0 radical (unpaired) electrons. The van der Waals surface area contributed by atoms with E-state index in [0.717, 1.165) is 22.4 Å². The highest BCUT2D eigenvalue weighted by Gasteiger charge is 2.11. The van der Waals surface area contributed by atoms with Crippen LogP contribution in [0.5, 0.6) is 0 Å². The van der Waals surface area contributed by atoms with Crippen LogP contribution in [0, 0.1) is 17.0 Å². The van der Waals surface area contributed by atoms with Crippen LogP contribution in [0.2, 0.25) is 5.02 Å². The molecule has 0 saturated carbocycles. The highest BCUT2D eigenvalue weighted by molar-refractivity contribution is 6.33. The van der Waals surface area contributed by atoms with Crippen molar-refractivity contribution >= 4 is 34.0 Å². The van der Waals surface area contributed by atoms with Crippen LogP contribution in [0.4, 0.5) is 11.4 Å². The van der Waals surface area contributed by atoms with Crippen molar-refractivity contribution in [2.24, 2.45) is 7.05 Å². The molecule has 1 N–H and O–H groups in total. The quantitative estimate of drug-likeness (QED) is 0.578. The number of aryl methyl sites for hydroxylation is 2. The van der Waals surface area contributed by atoms with Gasteiger partial charge in [-0.2, -0.15) is 0 Å². The second-order valence-electron chi connectivity index (χ2n) is 5.35. The van der Waals surface area contributed by atoms with Gasteiger partial charge in [0, 0.05) is 19.2 Å². The van der Waals surface area contributed by atoms with E-state index in [-0.39, 0.29) is 5.69 Å². The van der Waals surface area contributed by atoms with Gasteiger partial charge in [0.15, 0.2) is 0 Å². The topological polar surface area (TPSA) is 73.0 Å². The average Bonchev–Trinajstić information content (AvgIpc) is 2.81. The number of nitrogens with zero attached hydrogens (tertiary/aromatic N) is 3. The van der Waals surface area contributed by atoms with Crippen LogP contribution in [-0.2, 0) is 13.6 Å². The number of anilines is 1. The average molecular weight is 331 g/mol. The van der Waals surface area contributed by atoms with Crippen molar-refractivity contribution in [3.63, 3.8) is 0 Å². The minimum absolute atomic E-state index is 0.0289. The number of imidazole rings is 1. The van der Waals surface area contributed by atoms with E-state index < -0.39 is 4.92 Å². The molecule has 1 aromatic heterocycles. The fourth-order valence-corrected chi connectivity index (χ4v) is 2.69. The van der Waals surface area contributed by atoms with Gasteiger partial charge in [0.2, 0.25) is 0 Å². The van der Waals surface area contributed by atoms with Crippen molar-refractivity contribution in [1.29, 1.82) is 0 Å². The number of nitro groups is 1. The number of halogens is 1. The van der Waals surface area contributed by atoms with E-state index in [4.69, 9.17) is 11.6 Å². The Morgan fingerprint density at radius 3 is 2.78 bits per heavy atom. The minimum atomic E-state index is -0.469. The van der Waals surface area contributed by atoms with Gasteiger partial charge in [-0.15, -0.1) is 0 Å². The molecule has 2 aromatic carbocycles. The standard InChI is InChI=1S/C16H15ClN4O2/c1-10-3-6-15-14(7-10)19-16(20(15)2)9-18-13-5-4-11(21(22)23)8-12(13)17/h3-8,18H,9H2,1-2H3. The van der Waals surface area contributed by atoms with E-state index in [0.29, 0.717) is 17.3 Å². The summed E-state index contributed by atoms with van der Waals surface area (Å²) in [5.74, 6) is 0.861. The summed E-state index contributed by atoms with van der Waals surface area (Å²) in [6, 6.07) is 10.5. The van der Waals surface area contributed by atoms with Crippen LogP contribution in [0.15, 0.2) is 36.4 Å². The van der Waals surface area contributed by atoms with Crippen LogP contribution in [0.25, 0.3) is 11.0 Å². The molecule has 0 aliphatic heterocycles. The molecule has 23 heavy (non-hydrogen) atoms. The van der Waals surface area contributed by atoms with Crippen LogP contribution >= 0.6 is 11.6 Å². The van der Waals surface area contributed by atoms with Crippen LogP contribution in [-0.4, -0.2) is 14.5 Å². The van der Waals surface area contributed by atoms with E-state index in [1.807, 2.05) is 30.7 Å². The molecule has 0 aliphatic rings. The summed E-state index contributed by atoms with van der Waals surface area (Å²) < 4.78 is 2.01. The predicted molar refractivity (Wildman–Crippen MR) is 90.9 cm³/mol. The molecule has 7 heteroatoms. The minimum Gasteiger partial charge on any atom is -0.377 e. The Bertz CT molecular complexity index is 904. The fraction of sp³-hybridized carbons (Fsp3) is 0.188. The number of non-ortho nitro benzene ring substituents is 1. The third-order valence-electron chi connectivity index (χ3n) is 3.73. The summed E-state index contributed by atoms with van der Waals surface area (Å²) in [6.45, 7) is 2.50. The lowest BCUT2D eigenvalue weighted by molar-refractivity contribution is -0.384. The molecule has 3 aromatic rings. The number of hydrogen-bond acceptors (Lipinski definition) is 4. The normalized spacial score (nSPS) is 10.9. The largest absolute Gasteiger partial charge is 0.377 e. The molecule has 0 fully saturated rings. The predicted octanol–water partition coefficient (Wildman–Crippen LogP) is 4.06. The summed E-state index contributed by atoms with van der Waals surface area (Å²) >= 11 is 6.08. The van der Waals surface area contributed by atoms with Gasteiger partial charge in [-0.25, -0.2) is 4.98 Å². The molecule has 3 rings (SSSR count). The highest BCUT2D eigenvalue weighted by Crippen LogP contribution is 2.27. The monoisotopic (exact) mass is 330 g/mol. The van der Waals surface area contributed by atoms with E-state index in [1.54, 1.807) is 6.07 Å². The maximum atomic E-state index is 10.7. The Morgan fingerprint density at radius 1 is 1.30 bits per heavy atom. The zero-order chi connectivity index (χ0) is 16.6. The second-order valence-corrected chi connectivity index (χ2v) is 5.76. The molecular formula is C16H15ClN4O2. The molecule has 0 aliphatic carbocycles. The molecule has 0 spiro atoms. The van der Waals surface area contributed by atoms with Crippen molar-refractivity contribution in [2.75, 3.05) is 5.32 Å². The van der Waals surface area contributed by atoms with Crippen LogP contribution < -0.4 is 5.32 Å². The zero-order valence-electron chi connectivity index (χ0n) is 12.7. The van der Waals surface area contributed by atoms with Crippen molar-refractivity contribution in [2.45, 2.75) is 13.5 Å². The first-order chi connectivity index (χ1) is 11.0. The Hall–Kier alpha value is -2.60. The summed E-state index contributed by atoms with van der Waals surface area (Å²) in [5, 5.41) is 14.2. The molecular weight excluding hydrogens is 316 g/mol. The summed E-state index contributed by atoms with van der Waals surface area (Å²) in [5.41, 5.74) is 3.77. The van der Waals surface area contributed by atoms with Crippen molar-refractivity contribution in [3.8, 4) is 0 Å². The van der Waals surface area contributed by atoms with E-state index in [2.05, 4.69) is 16.4 Å². The van der Waals surface area contributed by atoms with Gasteiger partial charge in [-0.1, -0.05) is 17.7 Å². The SMILES string of the molecule is Cc1ccc2c(c1)nc(CNc1ccc([N+](=O)[O-])cc1Cl)n2C. The molecule has 0 saturated heterocycles. The molecule has 0 atom stereocenters. The van der Waals surface area contributed by atoms with Crippen molar-refractivity contribution in [3.05, 3.63) is 62.9 Å². The van der Waals surface area contributed by atoms with Gasteiger partial charge in [0.1, 0.15) is 5.82 Å². The second kappa shape index (κ2) is 5.89. The first-order valence-electron chi connectivity index (χ1n) is 7.05. The summed E-state index contributed by atoms with van der Waals surface area (Å²) in [6.07, 6.45) is 0. The number of rotatable bonds is 4. The molecule has 6 nitrogen and oxygen atoms in total. The first kappa shape index (κ1) is 15.3. The third-order valence-corrected chi connectivity index (χ3v) is 4.04. The molecule has 0 bridgehead atoms. The van der Waals surface area contributed by atoms with Crippen molar-refractivity contribution in [1.82, 2.24) is 9.55 Å². The third kappa shape index (κ3) is 2.98. The maximum Gasteiger partial charge on any atom is 0.271 e. The number of fused-ring (bicyclic) bond motifs is 1. The van der Waals surface area contributed by atoms with E-state index >= 15 is 0 Å². The summed E-state index contributed by atoms with van der Waals surface area (Å²) in [7, 11) is 1.96. The van der Waals surface area contributed by atoms with Gasteiger partial charge in [0.05, 0.1) is 33.2 Å². The zero-order valence-corrected chi connectivity index (χ0v) is 13.5. The lowest BCUT2D eigenvalue weighted by Crippen LogP contribution is -2.06. The van der Waals surface area contributed by atoms with Gasteiger partial charge >= 0.3 is 0 Å². The number of benzene rings is 2. The Morgan fingerprint density at radius 2 is 2.09 bits per heavy atom. The molecule has 0 amide bonds. The number of nitro benzene ring substituents is 1. The lowest BCUT2D eigenvalue weighted by atomic mass is 10.2. The maximum absolute atomic E-state index is 10.7. The van der Waals surface area contributed by atoms with Crippen LogP contribution in [0.1, 0.15) is 11.4 Å². The van der Waals surface area contributed by atoms with Gasteiger partial charge in [-0.3, -0.25) is 10.1 Å². The number of aromatic nitrogens is 2. The molecule has 1 heterocycles. The Balaban J connectivity index is 1.83. The number of nitrogens with one attached hydrogen (secondary N) is 1. The van der Waals surface area contributed by atoms with E-state index in [1.165, 1.54) is 12.1 Å². The molecule has 0 unspecified atom stereocenters. The Kier molecular flexibility index (Phi) is 3.92. The van der Waals surface area contributed by atoms with Crippen molar-refractivity contribution < 1.29 is 4.92 Å². The highest BCUT2D eigenvalue weighted by atomic mass is 35.5. The summed E-state index contributed by atoms with van der Waals surface area (Å²) in [4.78, 5) is 14.9. The lowest BCUT2D eigenvalue weighted by Gasteiger charge is -2.08. The Labute approximate surface area is 137 Å². The first-order valence-corrected chi connectivity index (χ1v) is 7.43. The van der Waals surface area contributed by atoms with E-state index in [9.17, 15) is 10.1 Å².